The molecule has 0 aliphatic heterocycles. The van der Waals surface area contributed by atoms with Crippen LogP contribution in [0.3, 0.4) is 0 Å². The van der Waals surface area contributed by atoms with Crippen molar-refractivity contribution in [1.82, 2.24) is 0 Å². The first-order valence-electron chi connectivity index (χ1n) is 5.59. The Morgan fingerprint density at radius 3 is 3.00 bits per heavy atom. The van der Waals surface area contributed by atoms with E-state index in [1.165, 1.54) is 10.9 Å². The summed E-state index contributed by atoms with van der Waals surface area (Å²) in [7, 11) is 1.71. The molecule has 0 bridgehead atoms. The van der Waals surface area contributed by atoms with Crippen molar-refractivity contribution in [2.75, 3.05) is 13.7 Å². The molecule has 1 heterocycles. The molecule has 1 saturated carbocycles. The number of rotatable bonds is 3. The molecule has 0 saturated heterocycles. The number of nitrogens with two attached hydrogens (primary N) is 1. The van der Waals surface area contributed by atoms with Crippen molar-refractivity contribution in [3.63, 3.8) is 0 Å². The van der Waals surface area contributed by atoms with E-state index >= 15 is 0 Å². The zero-order chi connectivity index (χ0) is 11.1. The van der Waals surface area contributed by atoms with E-state index in [2.05, 4.69) is 0 Å². The van der Waals surface area contributed by atoms with Crippen LogP contribution in [0.25, 0.3) is 11.0 Å². The highest BCUT2D eigenvalue weighted by Gasteiger charge is 2.40. The first kappa shape index (κ1) is 9.73. The molecule has 2 atom stereocenters. The molecule has 1 aromatic heterocycles. The van der Waals surface area contributed by atoms with E-state index in [1.54, 1.807) is 13.4 Å². The Kier molecular flexibility index (Phi) is 2.14. The molecule has 16 heavy (non-hydrogen) atoms. The number of hydrogen-bond donors (Lipinski definition) is 1. The van der Waals surface area contributed by atoms with Crippen molar-refractivity contribution < 1.29 is 9.15 Å². The lowest BCUT2D eigenvalue weighted by molar-refractivity contribution is 0.410. The number of ether oxygens (including phenoxy) is 1. The summed E-state index contributed by atoms with van der Waals surface area (Å²) >= 11 is 0. The summed E-state index contributed by atoms with van der Waals surface area (Å²) in [6.07, 6.45) is 2.89. The van der Waals surface area contributed by atoms with E-state index in [0.29, 0.717) is 11.8 Å². The highest BCUT2D eigenvalue weighted by atomic mass is 16.5. The van der Waals surface area contributed by atoms with Crippen LogP contribution in [0.15, 0.2) is 28.9 Å². The maximum absolute atomic E-state index is 5.71. The minimum absolute atomic E-state index is 0.543. The van der Waals surface area contributed by atoms with Gasteiger partial charge in [0.1, 0.15) is 11.3 Å². The fourth-order valence-electron chi connectivity index (χ4n) is 2.47. The lowest BCUT2D eigenvalue weighted by atomic mass is 10.0. The summed E-state index contributed by atoms with van der Waals surface area (Å²) in [5.74, 6) is 2.10. The van der Waals surface area contributed by atoms with Gasteiger partial charge in [0.2, 0.25) is 0 Å². The summed E-state index contributed by atoms with van der Waals surface area (Å²) in [5.41, 5.74) is 7.91. The van der Waals surface area contributed by atoms with E-state index < -0.39 is 0 Å². The predicted octanol–water partition coefficient (Wildman–Crippen LogP) is 2.50. The molecular formula is C13H15NO2. The van der Waals surface area contributed by atoms with Gasteiger partial charge in [-0.1, -0.05) is 0 Å². The molecule has 0 spiro atoms. The van der Waals surface area contributed by atoms with Gasteiger partial charge in [-0.3, -0.25) is 0 Å². The summed E-state index contributed by atoms with van der Waals surface area (Å²) in [6, 6.07) is 5.95. The Hall–Kier alpha value is -1.48. The zero-order valence-corrected chi connectivity index (χ0v) is 9.27. The zero-order valence-electron chi connectivity index (χ0n) is 9.27. The fraction of sp³-hybridized carbons (Fsp3) is 0.385. The molecule has 1 fully saturated rings. The van der Waals surface area contributed by atoms with Crippen LogP contribution in [0.4, 0.5) is 0 Å². The molecule has 3 heteroatoms. The lowest BCUT2D eigenvalue weighted by Gasteiger charge is -2.08. The van der Waals surface area contributed by atoms with E-state index in [9.17, 15) is 0 Å². The minimum atomic E-state index is 0.543. The van der Waals surface area contributed by atoms with Crippen LogP contribution in [0.1, 0.15) is 17.9 Å². The van der Waals surface area contributed by atoms with Gasteiger partial charge in [-0.15, -0.1) is 0 Å². The molecular weight excluding hydrogens is 202 g/mol. The van der Waals surface area contributed by atoms with Gasteiger partial charge in [0.25, 0.3) is 0 Å². The van der Waals surface area contributed by atoms with Gasteiger partial charge in [0, 0.05) is 10.9 Å². The smallest absolute Gasteiger partial charge is 0.134 e. The average molecular weight is 217 g/mol. The molecule has 3 nitrogen and oxygen atoms in total. The summed E-state index contributed by atoms with van der Waals surface area (Å²) in [4.78, 5) is 0. The average Bonchev–Trinajstić information content (AvgIpc) is 2.94. The van der Waals surface area contributed by atoms with Crippen molar-refractivity contribution >= 4 is 11.0 Å². The first-order chi connectivity index (χ1) is 7.85. The molecule has 0 radical (unpaired) electrons. The second kappa shape index (κ2) is 3.52. The Bertz CT molecular complexity index is 518. The lowest BCUT2D eigenvalue weighted by Crippen LogP contribution is -2.02. The van der Waals surface area contributed by atoms with Crippen molar-refractivity contribution in [3.8, 4) is 5.75 Å². The highest BCUT2D eigenvalue weighted by molar-refractivity contribution is 5.84. The Balaban J connectivity index is 2.15. The molecule has 2 aromatic rings. The molecule has 2 N–H and O–H groups in total. The van der Waals surface area contributed by atoms with Gasteiger partial charge in [-0.05, 0) is 43.0 Å². The van der Waals surface area contributed by atoms with E-state index in [1.807, 2.05) is 18.2 Å². The number of fused-ring (bicyclic) bond motifs is 1. The van der Waals surface area contributed by atoms with Gasteiger partial charge in [-0.2, -0.15) is 0 Å². The summed E-state index contributed by atoms with van der Waals surface area (Å²) in [5, 5.41) is 1.17. The Morgan fingerprint density at radius 2 is 2.31 bits per heavy atom. The van der Waals surface area contributed by atoms with E-state index in [4.69, 9.17) is 14.9 Å². The fourth-order valence-corrected chi connectivity index (χ4v) is 2.47. The molecule has 0 amide bonds. The van der Waals surface area contributed by atoms with Crippen LogP contribution in [-0.2, 0) is 0 Å². The standard InChI is InChI=1S/C13H15NO2/c1-15-12-3-2-11-9(4-5-16-11)13(12)10-6-8(10)7-14/h2-5,8,10H,6-7,14H2,1H3/t8-,10+/m1/s1. The van der Waals surface area contributed by atoms with Crippen LogP contribution in [0.5, 0.6) is 5.75 Å². The Labute approximate surface area is 94.2 Å². The highest BCUT2D eigenvalue weighted by Crippen LogP contribution is 2.52. The monoisotopic (exact) mass is 217 g/mol. The largest absolute Gasteiger partial charge is 0.496 e. The molecule has 0 unspecified atom stereocenters. The number of benzene rings is 1. The predicted molar refractivity (Wildman–Crippen MR) is 62.7 cm³/mol. The number of hydrogen-bond acceptors (Lipinski definition) is 3. The van der Waals surface area contributed by atoms with Crippen molar-refractivity contribution in [2.24, 2.45) is 11.7 Å². The minimum Gasteiger partial charge on any atom is -0.496 e. The number of furan rings is 1. The van der Waals surface area contributed by atoms with Crippen molar-refractivity contribution in [1.29, 1.82) is 0 Å². The molecule has 1 aromatic carbocycles. The summed E-state index contributed by atoms with van der Waals surface area (Å²) < 4.78 is 10.9. The quantitative estimate of drug-likeness (QED) is 0.859. The summed E-state index contributed by atoms with van der Waals surface area (Å²) in [6.45, 7) is 0.752. The topological polar surface area (TPSA) is 48.4 Å². The van der Waals surface area contributed by atoms with E-state index in [0.717, 1.165) is 24.3 Å². The first-order valence-corrected chi connectivity index (χ1v) is 5.59. The van der Waals surface area contributed by atoms with Crippen molar-refractivity contribution in [3.05, 3.63) is 30.0 Å². The SMILES string of the molecule is COc1ccc2occc2c1[C@H]1C[C@@H]1CN. The van der Waals surface area contributed by atoms with Crippen LogP contribution in [-0.4, -0.2) is 13.7 Å². The molecule has 1 aliphatic rings. The van der Waals surface area contributed by atoms with E-state index in [-0.39, 0.29) is 0 Å². The van der Waals surface area contributed by atoms with Gasteiger partial charge >= 0.3 is 0 Å². The third-order valence-corrected chi connectivity index (χ3v) is 3.45. The number of methoxy groups -OCH3 is 1. The van der Waals surface area contributed by atoms with Crippen LogP contribution in [0, 0.1) is 5.92 Å². The molecule has 1 aliphatic carbocycles. The van der Waals surface area contributed by atoms with Crippen LogP contribution in [0.2, 0.25) is 0 Å². The van der Waals surface area contributed by atoms with Gasteiger partial charge in [-0.25, -0.2) is 0 Å². The van der Waals surface area contributed by atoms with Crippen molar-refractivity contribution in [2.45, 2.75) is 12.3 Å². The third-order valence-electron chi connectivity index (χ3n) is 3.45. The third kappa shape index (κ3) is 1.32. The van der Waals surface area contributed by atoms with Gasteiger partial charge in [0.15, 0.2) is 0 Å². The van der Waals surface area contributed by atoms with Gasteiger partial charge in [0.05, 0.1) is 13.4 Å². The normalized spacial score (nSPS) is 23.6. The maximum atomic E-state index is 5.71. The second-order valence-corrected chi connectivity index (χ2v) is 4.35. The van der Waals surface area contributed by atoms with Crippen LogP contribution < -0.4 is 10.5 Å². The maximum Gasteiger partial charge on any atom is 0.134 e. The molecule has 3 rings (SSSR count). The molecule has 84 valence electrons. The second-order valence-electron chi connectivity index (χ2n) is 4.35. The van der Waals surface area contributed by atoms with Crippen LogP contribution >= 0.6 is 0 Å². The Morgan fingerprint density at radius 1 is 1.44 bits per heavy atom. The van der Waals surface area contributed by atoms with Gasteiger partial charge < -0.3 is 14.9 Å².